The largest absolute Gasteiger partial charge is 0.507 e. The van der Waals surface area contributed by atoms with Gasteiger partial charge >= 0.3 is 6.09 Å². The third-order valence-electron chi connectivity index (χ3n) is 5.40. The number of phenolic OH excluding ortho intramolecular Hbond substituents is 1. The van der Waals surface area contributed by atoms with Crippen LogP contribution in [0.15, 0.2) is 60.8 Å². The third-order valence-corrected chi connectivity index (χ3v) is 5.40. The smallest absolute Gasteiger partial charge is 0.409 e. The van der Waals surface area contributed by atoms with Crippen molar-refractivity contribution in [1.29, 1.82) is 0 Å². The zero-order chi connectivity index (χ0) is 20.2. The van der Waals surface area contributed by atoms with Crippen LogP contribution >= 0.6 is 0 Å². The number of fused-ring (bicyclic) bond motifs is 1. The van der Waals surface area contributed by atoms with Gasteiger partial charge in [0.2, 0.25) is 0 Å². The van der Waals surface area contributed by atoms with Gasteiger partial charge in [-0.1, -0.05) is 42.5 Å². The molecule has 1 amide bonds. The van der Waals surface area contributed by atoms with Gasteiger partial charge in [-0.05, 0) is 24.4 Å². The van der Waals surface area contributed by atoms with E-state index in [2.05, 4.69) is 9.88 Å². The minimum Gasteiger partial charge on any atom is -0.507 e. The second-order valence-electron chi connectivity index (χ2n) is 7.10. The fourth-order valence-electron chi connectivity index (χ4n) is 3.95. The van der Waals surface area contributed by atoms with Crippen LogP contribution in [0.4, 0.5) is 4.79 Å². The number of hydrogen-bond acceptors (Lipinski definition) is 5. The van der Waals surface area contributed by atoms with Crippen molar-refractivity contribution in [1.82, 2.24) is 14.8 Å². The molecule has 3 aromatic rings. The molecular weight excluding hydrogens is 366 g/mol. The number of nitrogens with zero attached hydrogens (tertiary/aromatic N) is 3. The SMILES string of the molecule is CCOC(=O)N1CCN(C(c2ccccn2)c2ccc3ccccc3c2O)CC1. The highest BCUT2D eigenvalue weighted by molar-refractivity contribution is 5.89. The van der Waals surface area contributed by atoms with E-state index in [-0.39, 0.29) is 17.9 Å². The molecule has 1 saturated heterocycles. The average Bonchev–Trinajstić information content (AvgIpc) is 2.77. The molecule has 2 heterocycles. The second kappa shape index (κ2) is 8.49. The molecule has 1 aliphatic rings. The number of carbonyl (C=O) groups excluding carboxylic acids is 1. The molecule has 4 rings (SSSR count). The van der Waals surface area contributed by atoms with Crippen molar-refractivity contribution >= 4 is 16.9 Å². The Bertz CT molecular complexity index is 985. The molecular formula is C23H25N3O3. The number of pyridine rings is 1. The van der Waals surface area contributed by atoms with Crippen molar-refractivity contribution in [3.8, 4) is 5.75 Å². The summed E-state index contributed by atoms with van der Waals surface area (Å²) in [5, 5.41) is 12.9. The van der Waals surface area contributed by atoms with Crippen molar-refractivity contribution in [2.24, 2.45) is 0 Å². The Kier molecular flexibility index (Phi) is 5.62. The van der Waals surface area contributed by atoms with Crippen LogP contribution in [-0.4, -0.2) is 58.8 Å². The third kappa shape index (κ3) is 3.89. The molecule has 0 saturated carbocycles. The van der Waals surface area contributed by atoms with Gasteiger partial charge in [-0.2, -0.15) is 0 Å². The number of rotatable bonds is 4. The van der Waals surface area contributed by atoms with Crippen molar-refractivity contribution in [3.05, 3.63) is 72.1 Å². The summed E-state index contributed by atoms with van der Waals surface area (Å²) in [7, 11) is 0. The minimum absolute atomic E-state index is 0.190. The maximum Gasteiger partial charge on any atom is 0.409 e. The maximum absolute atomic E-state index is 12.0. The van der Waals surface area contributed by atoms with Crippen LogP contribution in [0.2, 0.25) is 0 Å². The van der Waals surface area contributed by atoms with Crippen molar-refractivity contribution < 1.29 is 14.6 Å². The first-order chi connectivity index (χ1) is 14.2. The summed E-state index contributed by atoms with van der Waals surface area (Å²) in [4.78, 5) is 20.6. The zero-order valence-corrected chi connectivity index (χ0v) is 16.5. The Balaban J connectivity index is 1.68. The van der Waals surface area contributed by atoms with Crippen LogP contribution in [0.3, 0.4) is 0 Å². The molecule has 0 spiro atoms. The monoisotopic (exact) mass is 391 g/mol. The lowest BCUT2D eigenvalue weighted by molar-refractivity contribution is 0.0707. The lowest BCUT2D eigenvalue weighted by atomic mass is 9.96. The predicted octanol–water partition coefficient (Wildman–Crippen LogP) is 3.80. The van der Waals surface area contributed by atoms with E-state index >= 15 is 0 Å². The molecule has 0 bridgehead atoms. The number of ether oxygens (including phenoxy) is 1. The van der Waals surface area contributed by atoms with Gasteiger partial charge in [0.15, 0.2) is 0 Å². The van der Waals surface area contributed by atoms with Crippen LogP contribution < -0.4 is 0 Å². The van der Waals surface area contributed by atoms with Crippen LogP contribution in [0.1, 0.15) is 24.2 Å². The lowest BCUT2D eigenvalue weighted by Gasteiger charge is -2.39. The van der Waals surface area contributed by atoms with E-state index in [0.717, 1.165) is 22.0 Å². The van der Waals surface area contributed by atoms with Crippen LogP contribution in [0, 0.1) is 0 Å². The number of aromatic hydroxyl groups is 1. The molecule has 1 N–H and O–H groups in total. The number of piperazine rings is 1. The second-order valence-corrected chi connectivity index (χ2v) is 7.10. The number of benzene rings is 2. The first-order valence-electron chi connectivity index (χ1n) is 9.96. The van der Waals surface area contributed by atoms with E-state index in [1.165, 1.54) is 0 Å². The first kappa shape index (κ1) is 19.2. The molecule has 29 heavy (non-hydrogen) atoms. The van der Waals surface area contributed by atoms with Gasteiger partial charge in [0, 0.05) is 43.3 Å². The molecule has 0 aliphatic carbocycles. The lowest BCUT2D eigenvalue weighted by Crippen LogP contribution is -2.50. The van der Waals surface area contributed by atoms with Crippen molar-refractivity contribution in [3.63, 3.8) is 0 Å². The van der Waals surface area contributed by atoms with Crippen LogP contribution in [0.5, 0.6) is 5.75 Å². The van der Waals surface area contributed by atoms with Gasteiger partial charge in [0.25, 0.3) is 0 Å². The molecule has 1 fully saturated rings. The summed E-state index contributed by atoms with van der Waals surface area (Å²) in [5.74, 6) is 0.284. The fraction of sp³-hybridized carbons (Fsp3) is 0.304. The van der Waals surface area contributed by atoms with Gasteiger partial charge < -0.3 is 14.7 Å². The Morgan fingerprint density at radius 3 is 2.55 bits per heavy atom. The maximum atomic E-state index is 12.0. The molecule has 1 unspecified atom stereocenters. The number of phenols is 1. The molecule has 6 heteroatoms. The van der Waals surface area contributed by atoms with Crippen LogP contribution in [0.25, 0.3) is 10.8 Å². The summed E-state index contributed by atoms with van der Waals surface area (Å²) in [5.41, 5.74) is 1.70. The highest BCUT2D eigenvalue weighted by Crippen LogP contribution is 2.38. The standard InChI is InChI=1S/C23H25N3O3/c1-2-29-23(28)26-15-13-25(14-16-26)21(20-9-5-6-12-24-20)19-11-10-17-7-3-4-8-18(17)22(19)27/h3-12,21,27H,2,13-16H2,1H3. The van der Waals surface area contributed by atoms with E-state index in [1.54, 1.807) is 11.1 Å². The fourth-order valence-corrected chi connectivity index (χ4v) is 3.95. The van der Waals surface area contributed by atoms with Gasteiger partial charge in [-0.15, -0.1) is 0 Å². The first-order valence-corrected chi connectivity index (χ1v) is 9.96. The highest BCUT2D eigenvalue weighted by atomic mass is 16.6. The quantitative estimate of drug-likeness (QED) is 0.733. The molecule has 1 atom stereocenters. The summed E-state index contributed by atoms with van der Waals surface area (Å²) in [6, 6.07) is 17.5. The Morgan fingerprint density at radius 2 is 1.83 bits per heavy atom. The summed E-state index contributed by atoms with van der Waals surface area (Å²) in [6.07, 6.45) is 1.50. The molecule has 6 nitrogen and oxygen atoms in total. The number of carbonyl (C=O) groups is 1. The molecule has 2 aromatic carbocycles. The van der Waals surface area contributed by atoms with E-state index in [4.69, 9.17) is 4.74 Å². The van der Waals surface area contributed by atoms with Crippen molar-refractivity contribution in [2.75, 3.05) is 32.8 Å². The number of amides is 1. The van der Waals surface area contributed by atoms with E-state index in [0.29, 0.717) is 32.8 Å². The zero-order valence-electron chi connectivity index (χ0n) is 16.5. The average molecular weight is 391 g/mol. The Hall–Kier alpha value is -3.12. The molecule has 1 aliphatic heterocycles. The molecule has 150 valence electrons. The Morgan fingerprint density at radius 1 is 1.07 bits per heavy atom. The van der Waals surface area contributed by atoms with Gasteiger partial charge in [0.1, 0.15) is 5.75 Å². The number of aromatic nitrogens is 1. The van der Waals surface area contributed by atoms with E-state index in [9.17, 15) is 9.90 Å². The minimum atomic E-state index is -0.268. The molecule has 0 radical (unpaired) electrons. The summed E-state index contributed by atoms with van der Waals surface area (Å²) in [6.45, 7) is 4.69. The predicted molar refractivity (Wildman–Crippen MR) is 112 cm³/mol. The Labute approximate surface area is 170 Å². The topological polar surface area (TPSA) is 65.9 Å². The van der Waals surface area contributed by atoms with Crippen molar-refractivity contribution in [2.45, 2.75) is 13.0 Å². The van der Waals surface area contributed by atoms with Gasteiger partial charge in [0.05, 0.1) is 18.3 Å². The van der Waals surface area contributed by atoms with Gasteiger partial charge in [-0.3, -0.25) is 9.88 Å². The van der Waals surface area contributed by atoms with E-state index < -0.39 is 0 Å². The highest BCUT2D eigenvalue weighted by Gasteiger charge is 2.31. The van der Waals surface area contributed by atoms with Crippen LogP contribution in [-0.2, 0) is 4.74 Å². The molecule has 1 aromatic heterocycles. The summed E-state index contributed by atoms with van der Waals surface area (Å²) >= 11 is 0. The van der Waals surface area contributed by atoms with E-state index in [1.807, 2.05) is 61.5 Å². The van der Waals surface area contributed by atoms with Gasteiger partial charge in [-0.25, -0.2) is 4.79 Å². The summed E-state index contributed by atoms with van der Waals surface area (Å²) < 4.78 is 5.13. The normalized spacial score (nSPS) is 16.0. The number of hydrogen-bond donors (Lipinski definition) is 1.